The van der Waals surface area contributed by atoms with Gasteiger partial charge in [0.1, 0.15) is 12.1 Å². The summed E-state index contributed by atoms with van der Waals surface area (Å²) in [6, 6.07) is 19.7. The zero-order chi connectivity index (χ0) is 26.5. The summed E-state index contributed by atoms with van der Waals surface area (Å²) < 4.78 is 13.0. The average Bonchev–Trinajstić information content (AvgIpc) is 3.57. The minimum Gasteiger partial charge on any atom is -0.461 e. The smallest absolute Gasteiger partial charge is 0.407 e. The van der Waals surface area contributed by atoms with Gasteiger partial charge in [-0.3, -0.25) is 0 Å². The summed E-state index contributed by atoms with van der Waals surface area (Å²) in [6.07, 6.45) is 1.18. The highest BCUT2D eigenvalue weighted by molar-refractivity contribution is 6.07. The number of nitrogens with one attached hydrogen (secondary N) is 2. The van der Waals surface area contributed by atoms with Crippen molar-refractivity contribution in [2.45, 2.75) is 20.0 Å². The van der Waals surface area contributed by atoms with Crippen LogP contribution < -0.4 is 16.4 Å². The van der Waals surface area contributed by atoms with E-state index in [2.05, 4.69) is 26.8 Å². The van der Waals surface area contributed by atoms with Gasteiger partial charge in [-0.2, -0.15) is 0 Å². The number of carbonyl (C=O) groups is 1. The number of hydrogen-bond acceptors (Lipinski definition) is 7. The molecule has 0 aliphatic rings. The molecule has 5 aromatic rings. The number of nitrogens with two attached hydrogens (primary N) is 1. The molecular formula is C29H30N6O3. The van der Waals surface area contributed by atoms with E-state index < -0.39 is 6.09 Å². The lowest BCUT2D eigenvalue weighted by atomic mass is 10.1. The molecule has 0 atom stereocenters. The second kappa shape index (κ2) is 11.2. The van der Waals surface area contributed by atoms with Crippen molar-refractivity contribution in [2.24, 2.45) is 0 Å². The van der Waals surface area contributed by atoms with Gasteiger partial charge in [0.15, 0.2) is 17.4 Å². The molecule has 2 aromatic carbocycles. The Kier molecular flexibility index (Phi) is 7.37. The van der Waals surface area contributed by atoms with E-state index in [9.17, 15) is 4.79 Å². The molecule has 0 bridgehead atoms. The van der Waals surface area contributed by atoms with Crippen molar-refractivity contribution < 1.29 is 13.9 Å². The first kappa shape index (κ1) is 25.0. The molecule has 5 rings (SSSR count). The third kappa shape index (κ3) is 5.52. The molecule has 0 aliphatic carbocycles. The maximum absolute atomic E-state index is 12.0. The number of aromatic nitrogens is 3. The molecule has 38 heavy (non-hydrogen) atoms. The summed E-state index contributed by atoms with van der Waals surface area (Å²) in [7, 11) is 0. The molecule has 4 N–H and O–H groups in total. The van der Waals surface area contributed by atoms with Gasteiger partial charge in [0.2, 0.25) is 0 Å². The maximum atomic E-state index is 12.0. The van der Waals surface area contributed by atoms with Crippen molar-refractivity contribution in [2.75, 3.05) is 25.4 Å². The standard InChI is InChI=1S/C29H30N6O3/c1-19(2)16-31-13-15-38-29(36)32-17-20-9-11-21(12-10-20)18-35-26-22-6-3-4-7-23(22)33-27(30)25(26)34-28(35)24-8-5-14-37-24/h3-12,14,31H,1,13,15-18H2,2H3,(H2,30,33)(H,32,36). The number of carbonyl (C=O) groups excluding carboxylic acids is 1. The number of anilines is 1. The first-order chi connectivity index (χ1) is 18.5. The molecule has 0 fully saturated rings. The van der Waals surface area contributed by atoms with Gasteiger partial charge in [-0.05, 0) is 36.2 Å². The second-order valence-electron chi connectivity index (χ2n) is 9.15. The minimum absolute atomic E-state index is 0.295. The monoisotopic (exact) mass is 510 g/mol. The number of imidazole rings is 1. The summed E-state index contributed by atoms with van der Waals surface area (Å²) in [5, 5.41) is 6.90. The van der Waals surface area contributed by atoms with Crippen LogP contribution in [0.1, 0.15) is 18.1 Å². The predicted octanol–water partition coefficient (Wildman–Crippen LogP) is 4.87. The number of pyridine rings is 1. The van der Waals surface area contributed by atoms with Crippen LogP contribution >= 0.6 is 0 Å². The Hall–Kier alpha value is -4.63. The van der Waals surface area contributed by atoms with Crippen LogP contribution in [-0.2, 0) is 17.8 Å². The second-order valence-corrected chi connectivity index (χ2v) is 9.15. The fraction of sp³-hybridized carbons (Fsp3) is 0.207. The number of furan rings is 1. The Morgan fingerprint density at radius 1 is 1.08 bits per heavy atom. The Labute approximate surface area is 220 Å². The van der Waals surface area contributed by atoms with Crippen molar-refractivity contribution in [3.05, 3.63) is 90.2 Å². The molecule has 9 nitrogen and oxygen atoms in total. The van der Waals surface area contributed by atoms with Gasteiger partial charge in [0.25, 0.3) is 0 Å². The first-order valence-electron chi connectivity index (χ1n) is 12.4. The third-order valence-corrected chi connectivity index (χ3v) is 6.09. The number of nitrogen functional groups attached to an aromatic ring is 1. The lowest BCUT2D eigenvalue weighted by Gasteiger charge is -2.11. The van der Waals surface area contributed by atoms with E-state index in [1.54, 1.807) is 6.26 Å². The van der Waals surface area contributed by atoms with Crippen LogP contribution in [0.25, 0.3) is 33.5 Å². The van der Waals surface area contributed by atoms with Gasteiger partial charge < -0.3 is 30.1 Å². The molecule has 0 spiro atoms. The van der Waals surface area contributed by atoms with Crippen LogP contribution in [0.4, 0.5) is 10.6 Å². The van der Waals surface area contributed by atoms with E-state index in [0.29, 0.717) is 55.7 Å². The summed E-state index contributed by atoms with van der Waals surface area (Å²) in [4.78, 5) is 21.4. The quantitative estimate of drug-likeness (QED) is 0.181. The number of hydrogen-bond donors (Lipinski definition) is 3. The van der Waals surface area contributed by atoms with E-state index in [4.69, 9.17) is 19.9 Å². The van der Waals surface area contributed by atoms with Crippen LogP contribution in [0.2, 0.25) is 0 Å². The van der Waals surface area contributed by atoms with E-state index in [1.165, 1.54) is 0 Å². The van der Waals surface area contributed by atoms with Crippen LogP contribution in [0.15, 0.2) is 83.5 Å². The molecule has 0 saturated carbocycles. The molecule has 0 radical (unpaired) electrons. The molecular weight excluding hydrogens is 480 g/mol. The molecule has 0 saturated heterocycles. The van der Waals surface area contributed by atoms with Gasteiger partial charge in [-0.1, -0.05) is 54.6 Å². The lowest BCUT2D eigenvalue weighted by molar-refractivity contribution is 0.146. The number of benzene rings is 2. The molecule has 9 heteroatoms. The maximum Gasteiger partial charge on any atom is 0.407 e. The highest BCUT2D eigenvalue weighted by Crippen LogP contribution is 2.33. The fourth-order valence-corrected chi connectivity index (χ4v) is 4.29. The molecule has 3 heterocycles. The van der Waals surface area contributed by atoms with Crippen molar-refractivity contribution >= 4 is 33.8 Å². The van der Waals surface area contributed by atoms with Crippen LogP contribution in [0.5, 0.6) is 0 Å². The van der Waals surface area contributed by atoms with Crippen molar-refractivity contribution in [3.63, 3.8) is 0 Å². The van der Waals surface area contributed by atoms with E-state index in [0.717, 1.165) is 33.1 Å². The Morgan fingerprint density at radius 3 is 2.63 bits per heavy atom. The van der Waals surface area contributed by atoms with Gasteiger partial charge >= 0.3 is 6.09 Å². The van der Waals surface area contributed by atoms with E-state index >= 15 is 0 Å². The number of ether oxygens (including phenoxy) is 1. The van der Waals surface area contributed by atoms with Gasteiger partial charge in [-0.15, -0.1) is 0 Å². The molecule has 0 unspecified atom stereocenters. The summed E-state index contributed by atoms with van der Waals surface area (Å²) in [5.41, 5.74) is 11.7. The number of alkyl carbamates (subject to hydrolysis) is 1. The zero-order valence-electron chi connectivity index (χ0n) is 21.2. The predicted molar refractivity (Wildman–Crippen MR) is 149 cm³/mol. The van der Waals surface area contributed by atoms with Crippen LogP contribution in [0, 0.1) is 0 Å². The number of nitrogens with zero attached hydrogens (tertiary/aromatic N) is 3. The highest BCUT2D eigenvalue weighted by atomic mass is 16.5. The Balaban J connectivity index is 1.32. The van der Waals surface area contributed by atoms with E-state index in [-0.39, 0.29) is 0 Å². The largest absolute Gasteiger partial charge is 0.461 e. The normalized spacial score (nSPS) is 11.2. The SMILES string of the molecule is C=C(C)CNCCOC(=O)NCc1ccc(Cn2c(-c3ccco3)nc3c(N)nc4ccccc4c32)cc1. The number of para-hydroxylation sites is 1. The molecule has 194 valence electrons. The highest BCUT2D eigenvalue weighted by Gasteiger charge is 2.20. The number of amides is 1. The van der Waals surface area contributed by atoms with Gasteiger partial charge in [-0.25, -0.2) is 14.8 Å². The average molecular weight is 511 g/mol. The summed E-state index contributed by atoms with van der Waals surface area (Å²) in [6.45, 7) is 8.26. The zero-order valence-corrected chi connectivity index (χ0v) is 21.2. The molecule has 1 amide bonds. The van der Waals surface area contributed by atoms with Gasteiger partial charge in [0.05, 0.1) is 17.3 Å². The van der Waals surface area contributed by atoms with Gasteiger partial charge in [0, 0.05) is 31.6 Å². The Bertz CT molecular complexity index is 1570. The summed E-state index contributed by atoms with van der Waals surface area (Å²) in [5.74, 6) is 1.71. The Morgan fingerprint density at radius 2 is 1.87 bits per heavy atom. The fourth-order valence-electron chi connectivity index (χ4n) is 4.29. The minimum atomic E-state index is -0.447. The number of rotatable bonds is 10. The van der Waals surface area contributed by atoms with E-state index in [1.807, 2.05) is 67.6 Å². The lowest BCUT2D eigenvalue weighted by Crippen LogP contribution is -2.28. The van der Waals surface area contributed by atoms with Crippen molar-refractivity contribution in [1.29, 1.82) is 0 Å². The third-order valence-electron chi connectivity index (χ3n) is 6.09. The number of fused-ring (bicyclic) bond motifs is 3. The molecule has 0 aliphatic heterocycles. The summed E-state index contributed by atoms with van der Waals surface area (Å²) >= 11 is 0. The van der Waals surface area contributed by atoms with Crippen molar-refractivity contribution in [3.8, 4) is 11.6 Å². The van der Waals surface area contributed by atoms with Crippen molar-refractivity contribution in [1.82, 2.24) is 25.2 Å². The topological polar surface area (TPSA) is 120 Å². The van der Waals surface area contributed by atoms with Crippen LogP contribution in [-0.4, -0.2) is 40.3 Å². The first-order valence-corrected chi connectivity index (χ1v) is 12.4. The van der Waals surface area contributed by atoms with Crippen LogP contribution in [0.3, 0.4) is 0 Å². The molecule has 3 aromatic heterocycles.